The number of hydrogen-bond donors (Lipinski definition) is 2. The van der Waals surface area contributed by atoms with Crippen molar-refractivity contribution >= 4 is 33.4 Å². The first-order valence-electron chi connectivity index (χ1n) is 7.67. The second-order valence-corrected chi connectivity index (χ2v) is 6.48. The van der Waals surface area contributed by atoms with Crippen molar-refractivity contribution in [3.05, 3.63) is 40.6 Å². The molecule has 6 nitrogen and oxygen atoms in total. The Morgan fingerprint density at radius 3 is 2.79 bits per heavy atom. The van der Waals surface area contributed by atoms with Crippen LogP contribution in [0.4, 0.5) is 10.1 Å². The van der Waals surface area contributed by atoms with Gasteiger partial charge in [-0.25, -0.2) is 4.39 Å². The zero-order chi connectivity index (χ0) is 17.1. The number of hydrogen-bond acceptors (Lipinski definition) is 4. The lowest BCUT2D eigenvalue weighted by Gasteiger charge is -2.33. The number of nitrogens with one attached hydrogen (secondary N) is 2. The van der Waals surface area contributed by atoms with E-state index in [1.807, 2.05) is 6.07 Å². The van der Waals surface area contributed by atoms with E-state index >= 15 is 0 Å². The summed E-state index contributed by atoms with van der Waals surface area (Å²) in [5.41, 5.74) is 0.801. The number of nitrogens with zero attached hydrogens (tertiary/aromatic N) is 1. The molecule has 1 saturated heterocycles. The van der Waals surface area contributed by atoms with Crippen molar-refractivity contribution in [3.63, 3.8) is 0 Å². The number of rotatable bonds is 3. The number of piperidine rings is 1. The monoisotopic (exact) mass is 397 g/mol. The van der Waals surface area contributed by atoms with E-state index in [9.17, 15) is 14.0 Å². The Bertz CT molecular complexity index is 687. The quantitative estimate of drug-likeness (QED) is 0.816. The molecule has 0 saturated carbocycles. The minimum Gasteiger partial charge on any atom is -0.468 e. The molecule has 0 radical (unpaired) electrons. The third kappa shape index (κ3) is 3.69. The van der Waals surface area contributed by atoms with Gasteiger partial charge in [0.05, 0.1) is 16.4 Å². The normalized spacial score (nSPS) is 18.5. The highest BCUT2D eigenvalue weighted by atomic mass is 79.9. The van der Waals surface area contributed by atoms with Gasteiger partial charge in [-0.05, 0) is 40.9 Å². The number of carbonyl (C=O) groups is 2. The lowest BCUT2D eigenvalue weighted by atomic mass is 9.95. The highest BCUT2D eigenvalue weighted by molar-refractivity contribution is 9.10. The van der Waals surface area contributed by atoms with Crippen molar-refractivity contribution in [2.45, 2.75) is 12.8 Å². The van der Waals surface area contributed by atoms with E-state index in [0.29, 0.717) is 30.4 Å². The van der Waals surface area contributed by atoms with E-state index in [1.165, 1.54) is 12.3 Å². The van der Waals surface area contributed by atoms with Crippen LogP contribution in [0.1, 0.15) is 12.8 Å². The number of amides is 2. The molecule has 1 aromatic rings. The fraction of sp³-hybridized carbons (Fsp3) is 0.375. The second kappa shape index (κ2) is 7.21. The van der Waals surface area contributed by atoms with Gasteiger partial charge in [0.2, 0.25) is 11.8 Å². The average molecular weight is 398 g/mol. The minimum atomic E-state index is -0.296. The number of benzene rings is 1. The summed E-state index contributed by atoms with van der Waals surface area (Å²) < 4.78 is 19.2. The molecule has 8 heteroatoms. The Hall–Kier alpha value is -2.09. The predicted octanol–water partition coefficient (Wildman–Crippen LogP) is 1.87. The maximum atomic E-state index is 13.6. The predicted molar refractivity (Wildman–Crippen MR) is 89.4 cm³/mol. The van der Waals surface area contributed by atoms with E-state index in [4.69, 9.17) is 4.74 Å². The Morgan fingerprint density at radius 1 is 1.38 bits per heavy atom. The summed E-state index contributed by atoms with van der Waals surface area (Å²) >= 11 is 3.28. The van der Waals surface area contributed by atoms with Crippen molar-refractivity contribution in [3.8, 4) is 0 Å². The zero-order valence-corrected chi connectivity index (χ0v) is 14.4. The fourth-order valence-electron chi connectivity index (χ4n) is 2.79. The van der Waals surface area contributed by atoms with E-state index in [1.54, 1.807) is 6.07 Å². The first kappa shape index (κ1) is 16.8. The van der Waals surface area contributed by atoms with Gasteiger partial charge in [0.25, 0.3) is 5.91 Å². The molecule has 3 rings (SSSR count). The highest BCUT2D eigenvalue weighted by Gasteiger charge is 2.27. The number of halogens is 2. The summed E-state index contributed by atoms with van der Waals surface area (Å²) in [4.78, 5) is 25.3. The largest absolute Gasteiger partial charge is 0.468 e. The smallest absolute Gasteiger partial charge is 0.262 e. The fourth-order valence-corrected chi connectivity index (χ4v) is 3.30. The molecule has 0 bridgehead atoms. The van der Waals surface area contributed by atoms with Crippen LogP contribution in [0.25, 0.3) is 0 Å². The van der Waals surface area contributed by atoms with Crippen molar-refractivity contribution in [1.29, 1.82) is 0 Å². The average Bonchev–Trinajstić information content (AvgIpc) is 2.59. The number of ether oxygens (including phenoxy) is 1. The van der Waals surface area contributed by atoms with Crippen molar-refractivity contribution in [2.24, 2.45) is 5.92 Å². The van der Waals surface area contributed by atoms with Crippen LogP contribution in [-0.4, -0.2) is 31.5 Å². The molecule has 24 heavy (non-hydrogen) atoms. The third-order valence-corrected chi connectivity index (χ3v) is 4.89. The van der Waals surface area contributed by atoms with E-state index < -0.39 is 0 Å². The van der Waals surface area contributed by atoms with Crippen molar-refractivity contribution in [1.82, 2.24) is 10.6 Å². The van der Waals surface area contributed by atoms with E-state index in [0.717, 1.165) is 5.69 Å². The summed E-state index contributed by atoms with van der Waals surface area (Å²) in [5, 5.41) is 5.17. The molecule has 0 aromatic heterocycles. The van der Waals surface area contributed by atoms with Gasteiger partial charge in [0.1, 0.15) is 5.82 Å². The number of anilines is 1. The van der Waals surface area contributed by atoms with Gasteiger partial charge in [-0.3, -0.25) is 14.9 Å². The molecule has 1 aromatic carbocycles. The molecule has 2 aliphatic rings. The van der Waals surface area contributed by atoms with Crippen LogP contribution in [-0.2, 0) is 14.3 Å². The molecular formula is C16H17BrFN3O3. The van der Waals surface area contributed by atoms with Gasteiger partial charge in [0.15, 0.2) is 6.61 Å². The standard InChI is InChI=1S/C16H17BrFN3O3/c17-15-11(18)2-1-3-12(15)21-6-4-10(5-7-21)16(23)20-14-8-19-13(22)9-24-14/h1-3,8,10H,4-7,9H2,(H,19,22)(H,20,23). The van der Waals surface area contributed by atoms with E-state index in [2.05, 4.69) is 31.5 Å². The van der Waals surface area contributed by atoms with Crippen LogP contribution in [0.15, 0.2) is 34.8 Å². The Labute approximate surface area is 147 Å². The molecular weight excluding hydrogens is 381 g/mol. The first-order chi connectivity index (χ1) is 11.5. The molecule has 2 heterocycles. The van der Waals surface area contributed by atoms with E-state index in [-0.39, 0.29) is 36.0 Å². The van der Waals surface area contributed by atoms with Gasteiger partial charge in [0, 0.05) is 19.0 Å². The van der Waals surface area contributed by atoms with Gasteiger partial charge >= 0.3 is 0 Å². The summed E-state index contributed by atoms with van der Waals surface area (Å²) in [5.74, 6) is -0.557. The second-order valence-electron chi connectivity index (χ2n) is 5.69. The maximum Gasteiger partial charge on any atom is 0.262 e. The Kier molecular flexibility index (Phi) is 5.03. The van der Waals surface area contributed by atoms with Gasteiger partial charge in [-0.2, -0.15) is 0 Å². The number of carbonyl (C=O) groups excluding carboxylic acids is 2. The molecule has 1 fully saturated rings. The minimum absolute atomic E-state index is 0.0991. The third-order valence-electron chi connectivity index (χ3n) is 4.11. The van der Waals surface area contributed by atoms with Gasteiger partial charge in [-0.1, -0.05) is 6.07 Å². The van der Waals surface area contributed by atoms with Crippen LogP contribution in [0.3, 0.4) is 0 Å². The molecule has 2 aliphatic heterocycles. The maximum absolute atomic E-state index is 13.6. The summed E-state index contributed by atoms with van der Waals surface area (Å²) in [6, 6.07) is 4.94. The Morgan fingerprint density at radius 2 is 2.12 bits per heavy atom. The first-order valence-corrected chi connectivity index (χ1v) is 8.46. The lowest BCUT2D eigenvalue weighted by molar-refractivity contribution is -0.129. The highest BCUT2D eigenvalue weighted by Crippen LogP contribution is 2.31. The lowest BCUT2D eigenvalue weighted by Crippen LogP contribution is -2.42. The van der Waals surface area contributed by atoms with Crippen LogP contribution in [0.5, 0.6) is 0 Å². The van der Waals surface area contributed by atoms with Gasteiger partial charge < -0.3 is 15.0 Å². The molecule has 0 unspecified atom stereocenters. The summed E-state index contributed by atoms with van der Waals surface area (Å²) in [7, 11) is 0. The topological polar surface area (TPSA) is 70.7 Å². The van der Waals surface area contributed by atoms with Crippen LogP contribution >= 0.6 is 15.9 Å². The van der Waals surface area contributed by atoms with Crippen LogP contribution in [0.2, 0.25) is 0 Å². The summed E-state index contributed by atoms with van der Waals surface area (Å²) in [6.45, 7) is 1.23. The van der Waals surface area contributed by atoms with Crippen LogP contribution < -0.4 is 15.5 Å². The molecule has 0 atom stereocenters. The molecule has 128 valence electrons. The molecule has 2 N–H and O–H groups in total. The Balaban J connectivity index is 1.56. The molecule has 2 amide bonds. The van der Waals surface area contributed by atoms with Crippen LogP contribution in [0, 0.1) is 11.7 Å². The summed E-state index contributed by atoms with van der Waals surface area (Å²) in [6.07, 6.45) is 2.67. The van der Waals surface area contributed by atoms with Crippen molar-refractivity contribution < 1.29 is 18.7 Å². The van der Waals surface area contributed by atoms with Gasteiger partial charge in [-0.15, -0.1) is 0 Å². The SMILES string of the molecule is O=C1COC(NC(=O)C2CCN(c3cccc(F)c3Br)CC2)=CN1. The molecule has 0 spiro atoms. The van der Waals surface area contributed by atoms with Crippen molar-refractivity contribution in [2.75, 3.05) is 24.6 Å². The zero-order valence-electron chi connectivity index (χ0n) is 12.9. The molecule has 0 aliphatic carbocycles.